The number of rotatable bonds is 4. The molecule has 0 bridgehead atoms. The molecule has 8 nitrogen and oxygen atoms in total. The molecule has 0 radical (unpaired) electrons. The van der Waals surface area contributed by atoms with Crippen LogP contribution in [0.3, 0.4) is 0 Å². The molecule has 1 spiro atoms. The number of nitrogens with one attached hydrogen (secondary N) is 2. The fraction of sp³-hybridized carbons (Fsp3) is 0.520. The number of urea groups is 1. The highest BCUT2D eigenvalue weighted by Gasteiger charge is 2.50. The van der Waals surface area contributed by atoms with Crippen LogP contribution >= 0.6 is 0 Å². The third kappa shape index (κ3) is 3.97. The Morgan fingerprint density at radius 2 is 1.73 bits per heavy atom. The summed E-state index contributed by atoms with van der Waals surface area (Å²) in [5, 5.41) is 6.13. The second kappa shape index (κ2) is 8.41. The summed E-state index contributed by atoms with van der Waals surface area (Å²) in [6, 6.07) is 10.6. The Hall–Kier alpha value is -3.00. The van der Waals surface area contributed by atoms with Gasteiger partial charge >= 0.3 is 6.03 Å². The highest BCUT2D eigenvalue weighted by Crippen LogP contribution is 2.46. The molecule has 3 aliphatic rings. The van der Waals surface area contributed by atoms with E-state index in [0.717, 1.165) is 32.1 Å². The van der Waals surface area contributed by atoms with Crippen LogP contribution in [0, 0.1) is 0 Å². The summed E-state index contributed by atoms with van der Waals surface area (Å²) in [5.41, 5.74) is 1.81. The predicted octanol–water partition coefficient (Wildman–Crippen LogP) is 2.77. The van der Waals surface area contributed by atoms with E-state index in [4.69, 9.17) is 0 Å². The molecule has 3 heterocycles. The molecule has 1 aromatic heterocycles. The molecule has 1 unspecified atom stereocenters. The minimum absolute atomic E-state index is 0.0122. The zero-order valence-corrected chi connectivity index (χ0v) is 19.4. The van der Waals surface area contributed by atoms with E-state index in [0.29, 0.717) is 31.0 Å². The summed E-state index contributed by atoms with van der Waals surface area (Å²) in [6.07, 6.45) is 8.51. The van der Waals surface area contributed by atoms with E-state index in [-0.39, 0.29) is 28.9 Å². The van der Waals surface area contributed by atoms with Gasteiger partial charge in [0.2, 0.25) is 5.91 Å². The van der Waals surface area contributed by atoms with Crippen LogP contribution < -0.4 is 15.5 Å². The summed E-state index contributed by atoms with van der Waals surface area (Å²) in [7, 11) is 4.30. The summed E-state index contributed by atoms with van der Waals surface area (Å²) in [4.78, 5) is 37.8. The lowest BCUT2D eigenvalue weighted by Crippen LogP contribution is -2.54. The number of anilines is 1. The number of hydrogen-bond acceptors (Lipinski definition) is 5. The van der Waals surface area contributed by atoms with Gasteiger partial charge in [0.25, 0.3) is 0 Å². The van der Waals surface area contributed by atoms with Gasteiger partial charge < -0.3 is 10.6 Å². The van der Waals surface area contributed by atoms with Crippen molar-refractivity contribution in [2.45, 2.75) is 55.5 Å². The Labute approximate surface area is 194 Å². The van der Waals surface area contributed by atoms with Gasteiger partial charge in [-0.15, -0.1) is 0 Å². The maximum absolute atomic E-state index is 12.9. The van der Waals surface area contributed by atoms with Crippen molar-refractivity contribution >= 4 is 17.6 Å². The van der Waals surface area contributed by atoms with Crippen molar-refractivity contribution in [2.24, 2.45) is 0 Å². The van der Waals surface area contributed by atoms with Gasteiger partial charge in [-0.25, -0.2) is 14.8 Å². The molecule has 1 aliphatic carbocycles. The van der Waals surface area contributed by atoms with Crippen molar-refractivity contribution in [3.63, 3.8) is 0 Å². The van der Waals surface area contributed by atoms with E-state index in [2.05, 4.69) is 69.9 Å². The lowest BCUT2D eigenvalue weighted by atomic mass is 9.69. The molecular formula is C25H32N6O2. The van der Waals surface area contributed by atoms with E-state index in [1.54, 1.807) is 17.3 Å². The second-order valence-electron chi connectivity index (χ2n) is 9.93. The number of aromatic nitrogens is 2. The molecule has 33 heavy (non-hydrogen) atoms. The first-order valence-corrected chi connectivity index (χ1v) is 11.8. The van der Waals surface area contributed by atoms with Gasteiger partial charge in [-0.05, 0) is 51.8 Å². The summed E-state index contributed by atoms with van der Waals surface area (Å²) in [5.74, 6) is 0.766. The number of piperidine rings is 1. The lowest BCUT2D eigenvalue weighted by Gasteiger charge is -2.48. The second-order valence-corrected chi connectivity index (χ2v) is 9.93. The van der Waals surface area contributed by atoms with E-state index in [9.17, 15) is 9.59 Å². The molecular weight excluding hydrogens is 416 g/mol. The molecule has 2 aromatic rings. The van der Waals surface area contributed by atoms with Crippen molar-refractivity contribution in [1.82, 2.24) is 25.5 Å². The number of carbonyl (C=O) groups excluding carboxylic acids is 2. The largest absolute Gasteiger partial charge is 0.356 e. The SMILES string of the molecule is CN(C)C1(c2ccccc2)CCC2(CC1)CN(c1cnc(C3CCNC(=O)C3)nc1)C(=O)N2. The van der Waals surface area contributed by atoms with Crippen LogP contribution in [0.15, 0.2) is 42.7 Å². The minimum atomic E-state index is -0.231. The van der Waals surface area contributed by atoms with Crippen LogP contribution in [0.5, 0.6) is 0 Å². The normalized spacial score (nSPS) is 29.9. The molecule has 3 fully saturated rings. The Bertz CT molecular complexity index is 1010. The van der Waals surface area contributed by atoms with Crippen LogP contribution in [0.2, 0.25) is 0 Å². The van der Waals surface area contributed by atoms with Crippen LogP contribution in [-0.4, -0.2) is 59.5 Å². The Balaban J connectivity index is 1.29. The smallest absolute Gasteiger partial charge is 0.322 e. The highest BCUT2D eigenvalue weighted by molar-refractivity contribution is 5.95. The quantitative estimate of drug-likeness (QED) is 0.751. The summed E-state index contributed by atoms with van der Waals surface area (Å²) in [6.45, 7) is 1.28. The fourth-order valence-electron chi connectivity index (χ4n) is 5.77. The monoisotopic (exact) mass is 448 g/mol. The van der Waals surface area contributed by atoms with Crippen LogP contribution in [-0.2, 0) is 10.3 Å². The minimum Gasteiger partial charge on any atom is -0.356 e. The van der Waals surface area contributed by atoms with Gasteiger partial charge in [-0.1, -0.05) is 30.3 Å². The molecule has 1 aromatic carbocycles. The topological polar surface area (TPSA) is 90.5 Å². The third-order valence-electron chi connectivity index (χ3n) is 7.86. The summed E-state index contributed by atoms with van der Waals surface area (Å²) >= 11 is 0. The lowest BCUT2D eigenvalue weighted by molar-refractivity contribution is -0.122. The molecule has 8 heteroatoms. The van der Waals surface area contributed by atoms with E-state index in [1.165, 1.54) is 5.56 Å². The maximum Gasteiger partial charge on any atom is 0.322 e. The van der Waals surface area contributed by atoms with E-state index in [1.807, 2.05) is 0 Å². The molecule has 174 valence electrons. The predicted molar refractivity (Wildman–Crippen MR) is 126 cm³/mol. The van der Waals surface area contributed by atoms with Crippen molar-refractivity contribution < 1.29 is 9.59 Å². The molecule has 2 N–H and O–H groups in total. The molecule has 2 aliphatic heterocycles. The Morgan fingerprint density at radius 3 is 2.36 bits per heavy atom. The molecule has 1 atom stereocenters. The van der Waals surface area contributed by atoms with Crippen molar-refractivity contribution in [3.8, 4) is 0 Å². The van der Waals surface area contributed by atoms with Gasteiger partial charge in [0.15, 0.2) is 0 Å². The summed E-state index contributed by atoms with van der Waals surface area (Å²) < 4.78 is 0. The first-order chi connectivity index (χ1) is 15.9. The van der Waals surface area contributed by atoms with E-state index < -0.39 is 0 Å². The van der Waals surface area contributed by atoms with Crippen LogP contribution in [0.25, 0.3) is 0 Å². The highest BCUT2D eigenvalue weighted by atomic mass is 16.2. The van der Waals surface area contributed by atoms with Gasteiger partial charge in [0.05, 0.1) is 30.2 Å². The average Bonchev–Trinajstić information content (AvgIpc) is 3.16. The standard InChI is InChI=1S/C25H32N6O2/c1-30(2)25(19-6-4-3-5-7-19)11-9-24(10-12-25)17-31(23(33)29-24)20-15-27-22(28-16-20)18-8-13-26-21(32)14-18/h3-7,15-16,18H,8-14,17H2,1-2H3,(H,26,32)(H,29,33). The van der Waals surface area contributed by atoms with Crippen molar-refractivity contribution in [2.75, 3.05) is 32.1 Å². The Kier molecular flexibility index (Phi) is 5.56. The number of amides is 3. The van der Waals surface area contributed by atoms with Gasteiger partial charge in [0.1, 0.15) is 5.82 Å². The fourth-order valence-corrected chi connectivity index (χ4v) is 5.77. The maximum atomic E-state index is 12.9. The third-order valence-corrected chi connectivity index (χ3v) is 7.86. The van der Waals surface area contributed by atoms with Gasteiger partial charge in [-0.2, -0.15) is 0 Å². The zero-order chi connectivity index (χ0) is 23.1. The number of nitrogens with zero attached hydrogens (tertiary/aromatic N) is 4. The van der Waals surface area contributed by atoms with E-state index >= 15 is 0 Å². The van der Waals surface area contributed by atoms with Crippen LogP contribution in [0.1, 0.15) is 55.8 Å². The van der Waals surface area contributed by atoms with Crippen LogP contribution in [0.4, 0.5) is 10.5 Å². The Morgan fingerprint density at radius 1 is 1.03 bits per heavy atom. The van der Waals surface area contributed by atoms with Gasteiger partial charge in [-0.3, -0.25) is 14.6 Å². The average molecular weight is 449 g/mol. The first-order valence-electron chi connectivity index (χ1n) is 11.8. The van der Waals surface area contributed by atoms with Crippen molar-refractivity contribution in [1.29, 1.82) is 0 Å². The van der Waals surface area contributed by atoms with Gasteiger partial charge in [0, 0.05) is 24.4 Å². The number of hydrogen-bond donors (Lipinski definition) is 2. The molecule has 2 saturated heterocycles. The molecule has 1 saturated carbocycles. The molecule has 5 rings (SSSR count). The number of carbonyl (C=O) groups is 2. The van der Waals surface area contributed by atoms with Crippen molar-refractivity contribution in [3.05, 3.63) is 54.1 Å². The zero-order valence-electron chi connectivity index (χ0n) is 19.4. The first kappa shape index (κ1) is 21.8. The molecule has 3 amide bonds. The number of benzene rings is 1.